The summed E-state index contributed by atoms with van der Waals surface area (Å²) in [5.41, 5.74) is 1.23. The Morgan fingerprint density at radius 3 is 2.74 bits per heavy atom. The molecule has 2 aromatic carbocycles. The van der Waals surface area contributed by atoms with E-state index < -0.39 is 5.24 Å². The van der Waals surface area contributed by atoms with Crippen LogP contribution in [0.4, 0.5) is 5.69 Å². The lowest BCUT2D eigenvalue weighted by Gasteiger charge is -2.03. The first kappa shape index (κ1) is 12.7. The number of benzene rings is 2. The number of nitrogens with zero attached hydrogens (tertiary/aromatic N) is 1. The fraction of sp³-hybridized carbons (Fsp3) is 0. The largest absolute Gasteiger partial charge is 0.276 e. The first-order valence-corrected chi connectivity index (χ1v) is 7.08. The molecule has 1 heterocycles. The van der Waals surface area contributed by atoms with Crippen LogP contribution in [0.3, 0.4) is 0 Å². The van der Waals surface area contributed by atoms with Gasteiger partial charge < -0.3 is 0 Å². The molecule has 0 amide bonds. The number of fused-ring (bicyclic) bond motifs is 2. The maximum Gasteiger partial charge on any atom is 0.252 e. The Morgan fingerprint density at radius 1 is 1.16 bits per heavy atom. The van der Waals surface area contributed by atoms with E-state index in [4.69, 9.17) is 23.2 Å². The van der Waals surface area contributed by atoms with E-state index in [1.807, 2.05) is 24.3 Å². The molecule has 19 heavy (non-hydrogen) atoms. The van der Waals surface area contributed by atoms with Crippen LogP contribution in [0.1, 0.15) is 10.4 Å². The van der Waals surface area contributed by atoms with E-state index in [1.54, 1.807) is 18.2 Å². The number of para-hydroxylation sites is 1. The molecule has 0 saturated carbocycles. The van der Waals surface area contributed by atoms with Gasteiger partial charge in [0.1, 0.15) is 0 Å². The zero-order valence-electron chi connectivity index (χ0n) is 9.56. The van der Waals surface area contributed by atoms with Gasteiger partial charge in [0, 0.05) is 15.7 Å². The zero-order valence-corrected chi connectivity index (χ0v) is 11.9. The van der Waals surface area contributed by atoms with Crippen LogP contribution in [0.2, 0.25) is 0 Å². The van der Waals surface area contributed by atoms with Crippen molar-refractivity contribution in [1.82, 2.24) is 0 Å². The lowest BCUT2D eigenvalue weighted by Crippen LogP contribution is -2.24. The van der Waals surface area contributed by atoms with Gasteiger partial charge in [-0.25, -0.2) is 4.99 Å². The predicted molar refractivity (Wildman–Crippen MR) is 78.6 cm³/mol. The molecular formula is C14H7Cl2NOS. The predicted octanol–water partition coefficient (Wildman–Crippen LogP) is 3.43. The SMILES string of the molecule is O=C(Cl)c1ccc2c(c1)SC(Cl)=c1ccccc1=N2. The molecule has 0 saturated heterocycles. The summed E-state index contributed by atoms with van der Waals surface area (Å²) in [6, 6.07) is 12.8. The second-order valence-corrected chi connectivity index (χ2v) is 5.96. The average molecular weight is 308 g/mol. The highest BCUT2D eigenvalue weighted by atomic mass is 35.5. The van der Waals surface area contributed by atoms with E-state index >= 15 is 0 Å². The summed E-state index contributed by atoms with van der Waals surface area (Å²) < 4.78 is 0.636. The van der Waals surface area contributed by atoms with Gasteiger partial charge in [0.05, 0.1) is 15.4 Å². The summed E-state index contributed by atoms with van der Waals surface area (Å²) in [4.78, 5) is 16.6. The van der Waals surface area contributed by atoms with Crippen LogP contribution in [0.25, 0.3) is 4.36 Å². The van der Waals surface area contributed by atoms with Crippen LogP contribution in [-0.4, -0.2) is 5.24 Å². The first-order chi connectivity index (χ1) is 9.15. The van der Waals surface area contributed by atoms with Crippen LogP contribution in [0, 0.1) is 0 Å². The Morgan fingerprint density at radius 2 is 1.95 bits per heavy atom. The minimum absolute atomic E-state index is 0.443. The summed E-state index contributed by atoms with van der Waals surface area (Å²) in [5, 5.41) is 1.23. The molecule has 0 bridgehead atoms. The van der Waals surface area contributed by atoms with E-state index in [9.17, 15) is 4.79 Å². The molecule has 0 N–H and O–H groups in total. The van der Waals surface area contributed by atoms with Crippen LogP contribution in [0.5, 0.6) is 0 Å². The van der Waals surface area contributed by atoms with Crippen LogP contribution >= 0.6 is 35.0 Å². The van der Waals surface area contributed by atoms with E-state index in [2.05, 4.69) is 4.99 Å². The standard InChI is InChI=1S/C14H7Cl2NOS/c15-13(18)8-5-6-11-12(7-8)19-14(16)9-3-1-2-4-10(9)17-11/h1-7H. The minimum Gasteiger partial charge on any atom is -0.276 e. The number of hydrogen-bond donors (Lipinski definition) is 0. The third-order valence-electron chi connectivity index (χ3n) is 2.74. The molecule has 1 aliphatic heterocycles. The lowest BCUT2D eigenvalue weighted by molar-refractivity contribution is 0.108. The second-order valence-electron chi connectivity index (χ2n) is 3.96. The molecule has 0 atom stereocenters. The van der Waals surface area contributed by atoms with Crippen molar-refractivity contribution in [3.8, 4) is 0 Å². The Bertz CT molecular complexity index is 801. The molecular weight excluding hydrogens is 301 g/mol. The number of thioether (sulfide) groups is 1. The van der Waals surface area contributed by atoms with E-state index in [1.165, 1.54) is 11.8 Å². The Hall–Kier alpha value is -1.29. The Labute approximate surface area is 123 Å². The van der Waals surface area contributed by atoms with Crippen LogP contribution < -0.4 is 10.6 Å². The van der Waals surface area contributed by atoms with E-state index in [-0.39, 0.29) is 0 Å². The molecule has 2 aromatic rings. The highest BCUT2D eigenvalue weighted by molar-refractivity contribution is 8.10. The van der Waals surface area contributed by atoms with Crippen molar-refractivity contribution in [1.29, 1.82) is 0 Å². The first-order valence-electron chi connectivity index (χ1n) is 5.50. The van der Waals surface area contributed by atoms with E-state index in [0.717, 1.165) is 21.2 Å². The van der Waals surface area contributed by atoms with Gasteiger partial charge >= 0.3 is 0 Å². The van der Waals surface area contributed by atoms with Crippen molar-refractivity contribution < 1.29 is 4.79 Å². The number of carbonyl (C=O) groups is 1. The normalized spacial score (nSPS) is 13.1. The second kappa shape index (κ2) is 5.00. The molecule has 0 aromatic heterocycles. The average Bonchev–Trinajstić information content (AvgIpc) is 2.54. The van der Waals surface area contributed by atoms with Gasteiger partial charge in [-0.2, -0.15) is 0 Å². The van der Waals surface area contributed by atoms with Crippen LogP contribution in [0.15, 0.2) is 52.4 Å². The van der Waals surface area contributed by atoms with Gasteiger partial charge in [-0.05, 0) is 35.9 Å². The van der Waals surface area contributed by atoms with Gasteiger partial charge in [-0.15, -0.1) is 0 Å². The maximum atomic E-state index is 11.2. The summed E-state index contributed by atoms with van der Waals surface area (Å²) >= 11 is 13.2. The molecule has 0 unspecified atom stereocenters. The fourth-order valence-corrected chi connectivity index (χ4v) is 3.24. The Balaban J connectivity index is 2.28. The molecule has 1 aliphatic rings. The molecule has 3 rings (SSSR count). The molecule has 0 aliphatic carbocycles. The van der Waals surface area contributed by atoms with Crippen molar-refractivity contribution in [3.05, 3.63) is 58.6 Å². The molecule has 94 valence electrons. The highest BCUT2D eigenvalue weighted by Gasteiger charge is 2.12. The van der Waals surface area contributed by atoms with Gasteiger partial charge in [0.15, 0.2) is 0 Å². The fourth-order valence-electron chi connectivity index (χ4n) is 1.83. The monoisotopic (exact) mass is 307 g/mol. The molecule has 0 fully saturated rings. The number of halogens is 2. The summed E-state index contributed by atoms with van der Waals surface area (Å²) in [6.45, 7) is 0. The smallest absolute Gasteiger partial charge is 0.252 e. The highest BCUT2D eigenvalue weighted by Crippen LogP contribution is 2.38. The quantitative estimate of drug-likeness (QED) is 0.755. The summed E-state index contributed by atoms with van der Waals surface area (Å²) in [6.07, 6.45) is 0. The van der Waals surface area contributed by atoms with Gasteiger partial charge in [-0.3, -0.25) is 4.79 Å². The van der Waals surface area contributed by atoms with Crippen molar-refractivity contribution in [2.24, 2.45) is 4.99 Å². The van der Waals surface area contributed by atoms with Crippen molar-refractivity contribution >= 4 is 50.3 Å². The number of rotatable bonds is 1. The molecule has 0 spiro atoms. The van der Waals surface area contributed by atoms with Gasteiger partial charge in [0.25, 0.3) is 5.24 Å². The van der Waals surface area contributed by atoms with Crippen molar-refractivity contribution in [2.75, 3.05) is 0 Å². The maximum absolute atomic E-state index is 11.2. The van der Waals surface area contributed by atoms with E-state index in [0.29, 0.717) is 9.93 Å². The minimum atomic E-state index is -0.485. The summed E-state index contributed by atoms with van der Waals surface area (Å²) in [5.74, 6) is 0. The molecule has 2 nitrogen and oxygen atoms in total. The third kappa shape index (κ3) is 2.41. The lowest BCUT2D eigenvalue weighted by atomic mass is 10.2. The van der Waals surface area contributed by atoms with Gasteiger partial charge in [-0.1, -0.05) is 41.6 Å². The third-order valence-corrected chi connectivity index (χ3v) is 4.34. The van der Waals surface area contributed by atoms with Crippen molar-refractivity contribution in [3.63, 3.8) is 0 Å². The van der Waals surface area contributed by atoms with Gasteiger partial charge in [0.2, 0.25) is 0 Å². The topological polar surface area (TPSA) is 29.4 Å². The van der Waals surface area contributed by atoms with Crippen molar-refractivity contribution in [2.45, 2.75) is 4.90 Å². The van der Waals surface area contributed by atoms with Crippen LogP contribution in [-0.2, 0) is 0 Å². The summed E-state index contributed by atoms with van der Waals surface area (Å²) in [7, 11) is 0. The molecule has 5 heteroatoms. The number of carbonyl (C=O) groups excluding carboxylic acids is 1. The molecule has 0 radical (unpaired) electrons. The zero-order chi connectivity index (χ0) is 13.4. The number of hydrogen-bond acceptors (Lipinski definition) is 3. The Kier molecular flexibility index (Phi) is 3.35.